The molecule has 0 atom stereocenters. The zero-order valence-electron chi connectivity index (χ0n) is 9.51. The summed E-state index contributed by atoms with van der Waals surface area (Å²) < 4.78 is 4.83. The quantitative estimate of drug-likeness (QED) is 0.615. The highest BCUT2D eigenvalue weighted by Crippen LogP contribution is 1.97. The molecule has 1 aromatic rings. The Morgan fingerprint density at radius 1 is 0.938 bits per heavy atom. The minimum Gasteiger partial charge on any atom is -0.382 e. The molecule has 0 unspecified atom stereocenters. The predicted molar refractivity (Wildman–Crippen MR) is 62.4 cm³/mol. The second-order valence-electron chi connectivity index (χ2n) is 2.19. The van der Waals surface area contributed by atoms with Crippen molar-refractivity contribution in [3.8, 4) is 0 Å². The van der Waals surface area contributed by atoms with Crippen molar-refractivity contribution < 1.29 is 9.53 Å². The Labute approximate surface area is 94.2 Å². The van der Waals surface area contributed by atoms with Crippen molar-refractivity contribution in [1.82, 2.24) is 15.0 Å². The molecular formula is C8H18N6O2. The Morgan fingerprint density at radius 3 is 1.31 bits per heavy atom. The van der Waals surface area contributed by atoms with Gasteiger partial charge in [-0.15, -0.1) is 0 Å². The van der Waals surface area contributed by atoms with Gasteiger partial charge in [0.2, 0.25) is 17.8 Å². The number of nitrogen functional groups attached to an aromatic ring is 3. The molecule has 6 N–H and O–H groups in total. The van der Waals surface area contributed by atoms with E-state index < -0.39 is 0 Å². The Kier molecular flexibility index (Phi) is 11.4. The second kappa shape index (κ2) is 11.1. The van der Waals surface area contributed by atoms with Gasteiger partial charge in [0.05, 0.1) is 0 Å². The number of carbonyl (C=O) groups excluding carboxylic acids is 1. The molecule has 0 aromatic carbocycles. The lowest BCUT2D eigenvalue weighted by Crippen LogP contribution is -2.05. The Bertz CT molecular complexity index is 231. The highest BCUT2D eigenvalue weighted by molar-refractivity contribution is 5.33. The third-order valence-corrected chi connectivity index (χ3v) is 1.10. The van der Waals surface area contributed by atoms with Crippen molar-refractivity contribution in [2.24, 2.45) is 0 Å². The molecule has 0 saturated heterocycles. The largest absolute Gasteiger partial charge is 0.382 e. The molecule has 0 aliphatic carbocycles. The van der Waals surface area contributed by atoms with Crippen molar-refractivity contribution in [2.75, 3.05) is 30.4 Å². The smallest absolute Gasteiger partial charge is 0.226 e. The molecule has 1 aromatic heterocycles. The molecule has 16 heavy (non-hydrogen) atoms. The summed E-state index contributed by atoms with van der Waals surface area (Å²) in [7, 11) is 0. The number of hydrogen-bond acceptors (Lipinski definition) is 8. The van der Waals surface area contributed by atoms with Gasteiger partial charge >= 0.3 is 0 Å². The lowest BCUT2D eigenvalue weighted by molar-refractivity contribution is -0.0979. The Hall–Kier alpha value is -1.96. The Morgan fingerprint density at radius 2 is 1.19 bits per heavy atom. The van der Waals surface area contributed by atoms with Gasteiger partial charge in [0, 0.05) is 13.2 Å². The Balaban J connectivity index is 0. The molecule has 0 radical (unpaired) electrons. The van der Waals surface area contributed by atoms with Crippen LogP contribution in [0.5, 0.6) is 0 Å². The average Bonchev–Trinajstić information content (AvgIpc) is 2.20. The van der Waals surface area contributed by atoms with Gasteiger partial charge < -0.3 is 26.7 Å². The topological polar surface area (TPSA) is 143 Å². The predicted octanol–water partition coefficient (Wildman–Crippen LogP) is -0.524. The van der Waals surface area contributed by atoms with Crippen LogP contribution in [0.2, 0.25) is 0 Å². The fourth-order valence-electron chi connectivity index (χ4n) is 0.631. The first-order valence-electron chi connectivity index (χ1n) is 4.49. The summed E-state index contributed by atoms with van der Waals surface area (Å²) in [6, 6.07) is 0. The van der Waals surface area contributed by atoms with E-state index in [1.54, 1.807) is 0 Å². The van der Waals surface area contributed by atoms with Gasteiger partial charge in [0.15, 0.2) is 0 Å². The average molecular weight is 230 g/mol. The van der Waals surface area contributed by atoms with Crippen LogP contribution in [0.25, 0.3) is 0 Å². The van der Waals surface area contributed by atoms with Gasteiger partial charge in [-0.25, -0.2) is 0 Å². The summed E-state index contributed by atoms with van der Waals surface area (Å²) in [5, 5.41) is 0. The summed E-state index contributed by atoms with van der Waals surface area (Å²) in [5.41, 5.74) is 15.4. The van der Waals surface area contributed by atoms with Gasteiger partial charge in [-0.3, -0.25) is 0 Å². The van der Waals surface area contributed by atoms with Crippen LogP contribution in [0.3, 0.4) is 0 Å². The van der Waals surface area contributed by atoms with E-state index in [1.165, 1.54) is 0 Å². The maximum Gasteiger partial charge on any atom is 0.226 e. The third kappa shape index (κ3) is 10.1. The lowest BCUT2D eigenvalue weighted by atomic mass is 10.8. The van der Waals surface area contributed by atoms with Crippen molar-refractivity contribution >= 4 is 24.6 Å². The summed E-state index contributed by atoms with van der Waals surface area (Å²) in [6.45, 7) is 7.67. The monoisotopic (exact) mass is 230 g/mol. The van der Waals surface area contributed by atoms with Gasteiger partial charge in [-0.2, -0.15) is 15.0 Å². The number of nitrogens with two attached hydrogens (primary N) is 3. The molecule has 92 valence electrons. The van der Waals surface area contributed by atoms with Crippen molar-refractivity contribution in [3.05, 3.63) is 0 Å². The number of anilines is 3. The van der Waals surface area contributed by atoms with E-state index in [4.69, 9.17) is 26.7 Å². The first-order valence-corrected chi connectivity index (χ1v) is 4.49. The van der Waals surface area contributed by atoms with Crippen LogP contribution in [0.15, 0.2) is 0 Å². The van der Waals surface area contributed by atoms with Crippen molar-refractivity contribution in [1.29, 1.82) is 0 Å². The first kappa shape index (κ1) is 16.5. The summed E-state index contributed by atoms with van der Waals surface area (Å²) in [6.07, 6.45) is 0. The van der Waals surface area contributed by atoms with Gasteiger partial charge in [-0.05, 0) is 13.8 Å². The van der Waals surface area contributed by atoms with Crippen molar-refractivity contribution in [3.63, 3.8) is 0 Å². The number of nitrogens with zero attached hydrogens (tertiary/aromatic N) is 3. The minimum atomic E-state index is 0.0417. The van der Waals surface area contributed by atoms with Crippen LogP contribution in [0, 0.1) is 0 Å². The fraction of sp³-hybridized carbons (Fsp3) is 0.500. The van der Waals surface area contributed by atoms with Crippen LogP contribution in [0.4, 0.5) is 17.8 Å². The second-order valence-corrected chi connectivity index (χ2v) is 2.19. The molecule has 0 bridgehead atoms. The summed E-state index contributed by atoms with van der Waals surface area (Å²) >= 11 is 0. The normalized spacial score (nSPS) is 8.12. The molecule has 0 aliphatic rings. The number of ether oxygens (including phenoxy) is 1. The molecule has 8 heteroatoms. The lowest BCUT2D eigenvalue weighted by Gasteiger charge is -1.93. The molecule has 1 heterocycles. The van der Waals surface area contributed by atoms with E-state index in [2.05, 4.69) is 15.0 Å². The van der Waals surface area contributed by atoms with Crippen molar-refractivity contribution in [2.45, 2.75) is 13.8 Å². The highest BCUT2D eigenvalue weighted by Gasteiger charge is 1.93. The molecule has 0 amide bonds. The van der Waals surface area contributed by atoms with E-state index in [9.17, 15) is 0 Å². The van der Waals surface area contributed by atoms with Crippen LogP contribution in [-0.4, -0.2) is 35.0 Å². The van der Waals surface area contributed by atoms with Gasteiger partial charge in [-0.1, -0.05) is 0 Å². The fourth-order valence-corrected chi connectivity index (χ4v) is 0.631. The van der Waals surface area contributed by atoms with E-state index >= 15 is 0 Å². The maximum atomic E-state index is 8.00. The first-order chi connectivity index (χ1) is 7.60. The summed E-state index contributed by atoms with van der Waals surface area (Å²) in [4.78, 5) is 18.5. The van der Waals surface area contributed by atoms with E-state index in [-0.39, 0.29) is 17.8 Å². The highest BCUT2D eigenvalue weighted by atomic mass is 16.5. The maximum absolute atomic E-state index is 8.00. The van der Waals surface area contributed by atoms with Gasteiger partial charge in [0.25, 0.3) is 0 Å². The van der Waals surface area contributed by atoms with Crippen LogP contribution < -0.4 is 17.2 Å². The van der Waals surface area contributed by atoms with Crippen LogP contribution in [0.1, 0.15) is 13.8 Å². The van der Waals surface area contributed by atoms with E-state index in [0.717, 1.165) is 13.2 Å². The molecule has 8 nitrogen and oxygen atoms in total. The van der Waals surface area contributed by atoms with Crippen LogP contribution in [-0.2, 0) is 9.53 Å². The number of aromatic nitrogens is 3. The number of carbonyl (C=O) groups is 1. The molecule has 0 spiro atoms. The summed E-state index contributed by atoms with van der Waals surface area (Å²) in [5.74, 6) is 0.125. The molecule has 0 aliphatic heterocycles. The standard InChI is InChI=1S/C4H10O.C3H6N6.CH2O/c1-3-5-4-2;4-1-7-2(5)9-3(6)8-1;1-2/h3-4H2,1-2H3;(H6,4,5,6,7,8,9);1H2. The zero-order valence-corrected chi connectivity index (χ0v) is 9.51. The molecule has 1 rings (SSSR count). The molecule has 0 fully saturated rings. The number of hydrogen-bond donors (Lipinski definition) is 3. The number of rotatable bonds is 2. The van der Waals surface area contributed by atoms with Gasteiger partial charge in [0.1, 0.15) is 6.79 Å². The van der Waals surface area contributed by atoms with E-state index in [0.29, 0.717) is 0 Å². The SMILES string of the molecule is C=O.CCOCC.Nc1nc(N)nc(N)n1. The zero-order chi connectivity index (χ0) is 13.0. The molecule has 0 saturated carbocycles. The van der Waals surface area contributed by atoms with E-state index in [1.807, 2.05) is 20.6 Å². The third-order valence-electron chi connectivity index (χ3n) is 1.10. The minimum absolute atomic E-state index is 0.0417. The van der Waals surface area contributed by atoms with Crippen LogP contribution >= 0.6 is 0 Å². The molecular weight excluding hydrogens is 212 g/mol.